The van der Waals surface area contributed by atoms with Crippen LogP contribution in [-0.4, -0.2) is 24.1 Å². The molecule has 3 aromatic heterocycles. The number of aromatic nitrogens is 5. The van der Waals surface area contributed by atoms with Crippen LogP contribution in [0.25, 0.3) is 110 Å². The molecule has 0 unspecified atom stereocenters. The Kier molecular flexibility index (Phi) is 6.56. The van der Waals surface area contributed by atoms with E-state index >= 15 is 0 Å². The molecule has 5 nitrogen and oxygen atoms in total. The topological polar surface area (TPSA) is 48.5 Å². The number of benzene rings is 9. The van der Waals surface area contributed by atoms with E-state index in [0.717, 1.165) is 88.2 Å². The van der Waals surface area contributed by atoms with Crippen LogP contribution in [0.2, 0.25) is 0 Å². The summed E-state index contributed by atoms with van der Waals surface area (Å²) >= 11 is 0. The minimum Gasteiger partial charge on any atom is -0.292 e. The Hall–Kier alpha value is -7.63. The molecule has 0 aliphatic rings. The first-order chi connectivity index (χ1) is 27.8. The molecule has 56 heavy (non-hydrogen) atoms. The number of hydrogen-bond acceptors (Lipinski definition) is 3. The van der Waals surface area contributed by atoms with Crippen LogP contribution in [-0.2, 0) is 0 Å². The average Bonchev–Trinajstić information content (AvgIpc) is 3.83. The van der Waals surface area contributed by atoms with Gasteiger partial charge in [-0.3, -0.25) is 9.13 Å². The standard InChI is InChI=1S/C51H31N5/c1-4-16-32(17-5-1)47-40-25-12-14-26-42(40)53-51(54-47)56-44-27-15-13-23-36(44)39-28-29-41-45(48(39)56)37-24-11-10-22-35(37)38-30-31-43-49(46(38)41)55(34-20-8-3-9-21-34)50(52-43)33-18-6-2-7-19-33/h1-31H. The van der Waals surface area contributed by atoms with Gasteiger partial charge in [-0.05, 0) is 51.9 Å². The summed E-state index contributed by atoms with van der Waals surface area (Å²) in [5, 5.41) is 10.4. The number of para-hydroxylation sites is 3. The summed E-state index contributed by atoms with van der Waals surface area (Å²) in [5.41, 5.74) is 9.18. The van der Waals surface area contributed by atoms with Gasteiger partial charge in [0.15, 0.2) is 0 Å². The number of rotatable bonds is 4. The van der Waals surface area contributed by atoms with Crippen LogP contribution < -0.4 is 0 Å². The first-order valence-corrected chi connectivity index (χ1v) is 19.0. The Morgan fingerprint density at radius 1 is 0.321 bits per heavy atom. The second kappa shape index (κ2) is 11.9. The van der Waals surface area contributed by atoms with Crippen molar-refractivity contribution in [2.75, 3.05) is 0 Å². The Bertz CT molecular complexity index is 3510. The zero-order chi connectivity index (χ0) is 36.7. The van der Waals surface area contributed by atoms with Gasteiger partial charge in [-0.2, -0.15) is 0 Å². The molecule has 260 valence electrons. The molecule has 0 saturated carbocycles. The highest BCUT2D eigenvalue weighted by atomic mass is 15.2. The largest absolute Gasteiger partial charge is 0.292 e. The predicted molar refractivity (Wildman–Crippen MR) is 232 cm³/mol. The maximum atomic E-state index is 5.44. The lowest BCUT2D eigenvalue weighted by Crippen LogP contribution is -2.04. The van der Waals surface area contributed by atoms with Crippen LogP contribution in [0, 0.1) is 0 Å². The van der Waals surface area contributed by atoms with Gasteiger partial charge < -0.3 is 0 Å². The van der Waals surface area contributed by atoms with Crippen LogP contribution in [0.3, 0.4) is 0 Å². The van der Waals surface area contributed by atoms with Crippen molar-refractivity contribution in [3.05, 3.63) is 188 Å². The maximum absolute atomic E-state index is 5.44. The van der Waals surface area contributed by atoms with E-state index in [9.17, 15) is 0 Å². The van der Waals surface area contributed by atoms with Crippen molar-refractivity contribution in [1.29, 1.82) is 0 Å². The Balaban J connectivity index is 1.30. The molecule has 0 aliphatic heterocycles. The van der Waals surface area contributed by atoms with E-state index in [1.165, 1.54) is 16.2 Å². The van der Waals surface area contributed by atoms with E-state index in [0.29, 0.717) is 5.95 Å². The lowest BCUT2D eigenvalue weighted by molar-refractivity contribution is 1.02. The molecule has 0 saturated heterocycles. The fourth-order valence-corrected chi connectivity index (χ4v) is 8.94. The summed E-state index contributed by atoms with van der Waals surface area (Å²) in [5.74, 6) is 1.55. The molecule has 12 aromatic rings. The van der Waals surface area contributed by atoms with E-state index in [1.54, 1.807) is 0 Å². The van der Waals surface area contributed by atoms with Crippen molar-refractivity contribution in [3.8, 4) is 34.3 Å². The van der Waals surface area contributed by atoms with Crippen LogP contribution in [0.4, 0.5) is 0 Å². The van der Waals surface area contributed by atoms with Gasteiger partial charge in [-0.1, -0.05) is 158 Å². The maximum Gasteiger partial charge on any atom is 0.235 e. The van der Waals surface area contributed by atoms with Crippen LogP contribution in [0.1, 0.15) is 0 Å². The van der Waals surface area contributed by atoms with Gasteiger partial charge in [0.1, 0.15) is 5.82 Å². The molecule has 0 bridgehead atoms. The highest BCUT2D eigenvalue weighted by Gasteiger charge is 2.24. The normalized spacial score (nSPS) is 11.9. The molecule has 3 heterocycles. The summed E-state index contributed by atoms with van der Waals surface area (Å²) in [4.78, 5) is 16.1. The minimum absolute atomic E-state index is 0.643. The van der Waals surface area contributed by atoms with E-state index in [1.807, 2.05) is 6.07 Å². The molecule has 0 radical (unpaired) electrons. The smallest absolute Gasteiger partial charge is 0.235 e. The van der Waals surface area contributed by atoms with Crippen LogP contribution in [0.5, 0.6) is 0 Å². The molecule has 0 spiro atoms. The Labute approximate surface area is 321 Å². The van der Waals surface area contributed by atoms with E-state index in [2.05, 4.69) is 191 Å². The van der Waals surface area contributed by atoms with Gasteiger partial charge in [0.25, 0.3) is 0 Å². The molecule has 9 aromatic carbocycles. The van der Waals surface area contributed by atoms with Crippen molar-refractivity contribution in [3.63, 3.8) is 0 Å². The van der Waals surface area contributed by atoms with Crippen LogP contribution in [0.15, 0.2) is 188 Å². The zero-order valence-electron chi connectivity index (χ0n) is 30.1. The predicted octanol–water partition coefficient (Wildman–Crippen LogP) is 12.9. The first-order valence-electron chi connectivity index (χ1n) is 19.0. The lowest BCUT2D eigenvalue weighted by Gasteiger charge is -2.17. The fourth-order valence-electron chi connectivity index (χ4n) is 8.94. The average molecular weight is 714 g/mol. The molecule has 0 fully saturated rings. The third-order valence-corrected chi connectivity index (χ3v) is 11.3. The lowest BCUT2D eigenvalue weighted by atomic mass is 9.92. The van der Waals surface area contributed by atoms with Gasteiger partial charge in [0.2, 0.25) is 5.95 Å². The third kappa shape index (κ3) is 4.39. The summed E-state index contributed by atoms with van der Waals surface area (Å²) in [6, 6.07) is 66.4. The monoisotopic (exact) mass is 713 g/mol. The van der Waals surface area contributed by atoms with Gasteiger partial charge >= 0.3 is 0 Å². The third-order valence-electron chi connectivity index (χ3n) is 11.3. The summed E-state index contributed by atoms with van der Waals surface area (Å²) in [6.07, 6.45) is 0. The fraction of sp³-hybridized carbons (Fsp3) is 0. The van der Waals surface area contributed by atoms with Crippen molar-refractivity contribution in [2.45, 2.75) is 0 Å². The Morgan fingerprint density at radius 3 is 1.68 bits per heavy atom. The molecule has 0 amide bonds. The first kappa shape index (κ1) is 30.8. The molecule has 0 N–H and O–H groups in total. The van der Waals surface area contributed by atoms with Crippen molar-refractivity contribution in [1.82, 2.24) is 24.1 Å². The molecule has 0 aliphatic carbocycles. The number of imidazole rings is 1. The second-order valence-electron chi connectivity index (χ2n) is 14.4. The van der Waals surface area contributed by atoms with Gasteiger partial charge in [0, 0.05) is 43.7 Å². The number of fused-ring (bicyclic) bond motifs is 13. The van der Waals surface area contributed by atoms with Gasteiger partial charge in [-0.15, -0.1) is 0 Å². The van der Waals surface area contributed by atoms with Gasteiger partial charge in [-0.25, -0.2) is 15.0 Å². The molecule has 0 atom stereocenters. The highest BCUT2D eigenvalue weighted by Crippen LogP contribution is 2.46. The highest BCUT2D eigenvalue weighted by molar-refractivity contribution is 6.36. The second-order valence-corrected chi connectivity index (χ2v) is 14.4. The quantitative estimate of drug-likeness (QED) is 0.171. The zero-order valence-corrected chi connectivity index (χ0v) is 30.1. The van der Waals surface area contributed by atoms with Crippen molar-refractivity contribution in [2.24, 2.45) is 0 Å². The molecular weight excluding hydrogens is 683 g/mol. The molecular formula is C51H31N5. The van der Waals surface area contributed by atoms with Crippen LogP contribution >= 0.6 is 0 Å². The van der Waals surface area contributed by atoms with E-state index in [4.69, 9.17) is 15.0 Å². The van der Waals surface area contributed by atoms with E-state index < -0.39 is 0 Å². The van der Waals surface area contributed by atoms with Gasteiger partial charge in [0.05, 0.1) is 33.3 Å². The summed E-state index contributed by atoms with van der Waals surface area (Å²) in [6.45, 7) is 0. The number of hydrogen-bond donors (Lipinski definition) is 0. The Morgan fingerprint density at radius 2 is 0.893 bits per heavy atom. The minimum atomic E-state index is 0.643. The summed E-state index contributed by atoms with van der Waals surface area (Å²) < 4.78 is 4.65. The van der Waals surface area contributed by atoms with E-state index in [-0.39, 0.29) is 0 Å². The van der Waals surface area contributed by atoms with Crippen molar-refractivity contribution < 1.29 is 0 Å². The molecule has 12 rings (SSSR count). The van der Waals surface area contributed by atoms with Crippen molar-refractivity contribution >= 4 is 76.1 Å². The molecule has 5 heteroatoms. The summed E-state index contributed by atoms with van der Waals surface area (Å²) in [7, 11) is 0. The SMILES string of the molecule is c1ccc(-c2nc(-n3c4ccccc4c4ccc5c6c(ccc7nc(-c8ccccc8)n(-c8ccccc8)c76)c6ccccc6c5c43)nc3ccccc23)cc1. The number of nitrogens with zero attached hydrogens (tertiary/aromatic N) is 5.